The molecule has 0 saturated carbocycles. The van der Waals surface area contributed by atoms with Crippen LogP contribution < -0.4 is 10.6 Å². The Bertz CT molecular complexity index is 821. The number of nitrogens with zero attached hydrogens (tertiary/aromatic N) is 1. The lowest BCUT2D eigenvalue weighted by Crippen LogP contribution is -2.53. The van der Waals surface area contributed by atoms with E-state index in [1.54, 1.807) is 0 Å². The number of hydrogen-bond donors (Lipinski definition) is 2. The molecule has 6 nitrogen and oxygen atoms in total. The molecule has 4 rings (SSSR count). The summed E-state index contributed by atoms with van der Waals surface area (Å²) in [4.78, 5) is 12.7. The first-order chi connectivity index (χ1) is 14.0. The maximum atomic E-state index is 13.2. The first kappa shape index (κ1) is 20.8. The molecule has 0 spiro atoms. The molecule has 3 fully saturated rings. The Morgan fingerprint density at radius 1 is 1.14 bits per heavy atom. The van der Waals surface area contributed by atoms with Gasteiger partial charge in [0.2, 0.25) is 10.0 Å². The number of rotatable bonds is 6. The third kappa shape index (κ3) is 4.67. The zero-order valence-electron chi connectivity index (χ0n) is 17.3. The number of carbonyl (C=O) groups excluding carboxylic acids is 1. The van der Waals surface area contributed by atoms with Crippen LogP contribution in [0.2, 0.25) is 0 Å². The van der Waals surface area contributed by atoms with Crippen molar-refractivity contribution in [2.45, 2.75) is 70.0 Å². The fourth-order valence-electron chi connectivity index (χ4n) is 5.34. The summed E-state index contributed by atoms with van der Waals surface area (Å²) in [5, 5.41) is 6.48. The van der Waals surface area contributed by atoms with Crippen LogP contribution in [0.1, 0.15) is 61.4 Å². The first-order valence-electron chi connectivity index (χ1n) is 11.1. The highest BCUT2D eigenvalue weighted by Gasteiger charge is 2.47. The normalized spacial score (nSPS) is 28.4. The van der Waals surface area contributed by atoms with Crippen LogP contribution in [-0.4, -0.2) is 55.6 Å². The Labute approximate surface area is 174 Å². The maximum Gasteiger partial charge on any atom is 0.251 e. The van der Waals surface area contributed by atoms with Crippen molar-refractivity contribution in [2.75, 3.05) is 18.8 Å². The molecular formula is C22H33N3O3S. The molecule has 3 saturated heterocycles. The van der Waals surface area contributed by atoms with Gasteiger partial charge in [-0.25, -0.2) is 8.42 Å². The van der Waals surface area contributed by atoms with Crippen LogP contribution in [0.15, 0.2) is 24.3 Å². The molecule has 160 valence electrons. The van der Waals surface area contributed by atoms with Crippen molar-refractivity contribution in [3.63, 3.8) is 0 Å². The van der Waals surface area contributed by atoms with E-state index in [2.05, 4.69) is 17.6 Å². The van der Waals surface area contributed by atoms with Gasteiger partial charge < -0.3 is 10.6 Å². The molecule has 2 bridgehead atoms. The molecule has 3 aliphatic rings. The number of aryl methyl sites for hydroxylation is 1. The summed E-state index contributed by atoms with van der Waals surface area (Å²) in [6, 6.07) is 7.87. The van der Waals surface area contributed by atoms with Crippen molar-refractivity contribution in [2.24, 2.45) is 5.92 Å². The summed E-state index contributed by atoms with van der Waals surface area (Å²) in [5.41, 5.74) is 1.84. The van der Waals surface area contributed by atoms with E-state index >= 15 is 0 Å². The van der Waals surface area contributed by atoms with Crippen molar-refractivity contribution in [1.29, 1.82) is 0 Å². The second kappa shape index (κ2) is 8.74. The molecule has 1 unspecified atom stereocenters. The molecule has 0 radical (unpaired) electrons. The van der Waals surface area contributed by atoms with Gasteiger partial charge in [0, 0.05) is 23.7 Å². The van der Waals surface area contributed by atoms with Gasteiger partial charge in [0.25, 0.3) is 5.91 Å². The molecule has 3 heterocycles. The summed E-state index contributed by atoms with van der Waals surface area (Å²) in [5.74, 6) is 0.502. The molecule has 29 heavy (non-hydrogen) atoms. The third-order valence-corrected chi connectivity index (χ3v) is 8.96. The number of fused-ring (bicyclic) bond motifs is 2. The van der Waals surface area contributed by atoms with E-state index < -0.39 is 10.0 Å². The van der Waals surface area contributed by atoms with Crippen LogP contribution in [-0.2, 0) is 16.4 Å². The second-order valence-electron chi connectivity index (χ2n) is 8.88. The van der Waals surface area contributed by atoms with E-state index in [4.69, 9.17) is 0 Å². The molecule has 0 aromatic heterocycles. The summed E-state index contributed by atoms with van der Waals surface area (Å²) in [7, 11) is -3.24. The van der Waals surface area contributed by atoms with Crippen LogP contribution in [0.3, 0.4) is 0 Å². The van der Waals surface area contributed by atoms with E-state index in [1.165, 1.54) is 0 Å². The lowest BCUT2D eigenvalue weighted by atomic mass is 9.99. The minimum absolute atomic E-state index is 0.0349. The van der Waals surface area contributed by atoms with Crippen molar-refractivity contribution < 1.29 is 13.2 Å². The van der Waals surface area contributed by atoms with Crippen molar-refractivity contribution in [3.8, 4) is 0 Å². The Morgan fingerprint density at radius 2 is 1.83 bits per heavy atom. The van der Waals surface area contributed by atoms with Crippen LogP contribution in [0.25, 0.3) is 0 Å². The molecule has 1 amide bonds. The predicted molar refractivity (Wildman–Crippen MR) is 114 cm³/mol. The molecular weight excluding hydrogens is 386 g/mol. The molecule has 0 aliphatic carbocycles. The van der Waals surface area contributed by atoms with E-state index in [9.17, 15) is 13.2 Å². The van der Waals surface area contributed by atoms with Gasteiger partial charge in [0.15, 0.2) is 0 Å². The minimum Gasteiger partial charge on any atom is -0.349 e. The Balaban J connectivity index is 1.39. The highest BCUT2D eigenvalue weighted by Crippen LogP contribution is 2.38. The first-order valence-corrected chi connectivity index (χ1v) is 12.7. The zero-order valence-corrected chi connectivity index (χ0v) is 18.1. The van der Waals surface area contributed by atoms with E-state index in [1.807, 2.05) is 28.6 Å². The summed E-state index contributed by atoms with van der Waals surface area (Å²) < 4.78 is 28.1. The number of hydrogen-bond acceptors (Lipinski definition) is 4. The number of benzene rings is 1. The van der Waals surface area contributed by atoms with Crippen molar-refractivity contribution in [3.05, 3.63) is 35.4 Å². The fraction of sp³-hybridized carbons (Fsp3) is 0.682. The van der Waals surface area contributed by atoms with E-state index in [0.717, 1.165) is 63.6 Å². The van der Waals surface area contributed by atoms with Crippen molar-refractivity contribution in [1.82, 2.24) is 14.9 Å². The Morgan fingerprint density at radius 3 is 2.48 bits per heavy atom. The highest BCUT2D eigenvalue weighted by molar-refractivity contribution is 7.89. The molecule has 3 atom stereocenters. The largest absolute Gasteiger partial charge is 0.349 e. The van der Waals surface area contributed by atoms with E-state index in [-0.39, 0.29) is 35.7 Å². The van der Waals surface area contributed by atoms with Gasteiger partial charge in [0.1, 0.15) is 0 Å². The summed E-state index contributed by atoms with van der Waals surface area (Å²) >= 11 is 0. The SMILES string of the molecule is CCc1cccc(C(=O)NC2C[C@H]3CC[C@@H](C2)N3S(=O)(=O)CC2CCNCC2)c1. The van der Waals surface area contributed by atoms with Crippen LogP contribution >= 0.6 is 0 Å². The van der Waals surface area contributed by atoms with Gasteiger partial charge in [-0.3, -0.25) is 4.79 Å². The monoisotopic (exact) mass is 419 g/mol. The maximum absolute atomic E-state index is 13.2. The average molecular weight is 420 g/mol. The van der Waals surface area contributed by atoms with Crippen LogP contribution in [0, 0.1) is 5.92 Å². The number of carbonyl (C=O) groups is 1. The molecule has 7 heteroatoms. The van der Waals surface area contributed by atoms with Crippen molar-refractivity contribution >= 4 is 15.9 Å². The Hall–Kier alpha value is -1.44. The number of sulfonamides is 1. The van der Waals surface area contributed by atoms with Crippen LogP contribution in [0.5, 0.6) is 0 Å². The van der Waals surface area contributed by atoms with Gasteiger partial charge in [-0.1, -0.05) is 19.1 Å². The van der Waals surface area contributed by atoms with Gasteiger partial charge in [-0.2, -0.15) is 4.31 Å². The summed E-state index contributed by atoms with van der Waals surface area (Å²) in [6.45, 7) is 3.91. The number of amides is 1. The fourth-order valence-corrected chi connectivity index (χ4v) is 7.73. The third-order valence-electron chi connectivity index (χ3n) is 6.82. The minimum atomic E-state index is -3.24. The summed E-state index contributed by atoms with van der Waals surface area (Å²) in [6.07, 6.45) is 6.05. The average Bonchev–Trinajstić information content (AvgIpc) is 3.01. The van der Waals surface area contributed by atoms with Gasteiger partial charge >= 0.3 is 0 Å². The topological polar surface area (TPSA) is 78.5 Å². The predicted octanol–water partition coefficient (Wildman–Crippen LogP) is 2.30. The van der Waals surface area contributed by atoms with Gasteiger partial charge in [-0.05, 0) is 81.6 Å². The molecule has 1 aromatic rings. The second-order valence-corrected chi connectivity index (χ2v) is 10.8. The molecule has 1 aromatic carbocycles. The standard InChI is InChI=1S/C22H33N3O3S/c1-2-16-4-3-5-18(12-16)22(26)24-19-13-20-6-7-21(14-19)25(20)29(27,28)15-17-8-10-23-11-9-17/h3-5,12,17,19-21,23H,2,6-11,13-15H2,1H3,(H,24,26)/t19?,20-,21+. The zero-order chi connectivity index (χ0) is 20.4. The lowest BCUT2D eigenvalue weighted by molar-refractivity contribution is 0.0909. The molecule has 3 aliphatic heterocycles. The molecule has 2 N–H and O–H groups in total. The quantitative estimate of drug-likeness (QED) is 0.742. The Kier molecular flexibility index (Phi) is 6.27. The van der Waals surface area contributed by atoms with Gasteiger partial charge in [0.05, 0.1) is 5.75 Å². The number of nitrogens with one attached hydrogen (secondary N) is 2. The van der Waals surface area contributed by atoms with E-state index in [0.29, 0.717) is 5.56 Å². The van der Waals surface area contributed by atoms with Crippen LogP contribution in [0.4, 0.5) is 0 Å². The number of piperidine rings is 2. The van der Waals surface area contributed by atoms with Gasteiger partial charge in [-0.15, -0.1) is 0 Å². The lowest BCUT2D eigenvalue weighted by Gasteiger charge is -2.39. The smallest absolute Gasteiger partial charge is 0.251 e. The highest BCUT2D eigenvalue weighted by atomic mass is 32.2.